The summed E-state index contributed by atoms with van der Waals surface area (Å²) in [6.45, 7) is 1.94. The van der Waals surface area contributed by atoms with Crippen LogP contribution >= 0.6 is 7.14 Å². The van der Waals surface area contributed by atoms with Crippen molar-refractivity contribution in [1.29, 1.82) is 0 Å². The third-order valence-electron chi connectivity index (χ3n) is 2.08. The van der Waals surface area contributed by atoms with Crippen molar-refractivity contribution in [1.82, 2.24) is 0 Å². The van der Waals surface area contributed by atoms with Gasteiger partial charge in [-0.25, -0.2) is 0 Å². The SMILES string of the molecule is CCP(=O)(COC)c1ccccc1. The van der Waals surface area contributed by atoms with Gasteiger partial charge in [-0.2, -0.15) is 0 Å². The van der Waals surface area contributed by atoms with E-state index in [1.54, 1.807) is 7.11 Å². The van der Waals surface area contributed by atoms with Gasteiger partial charge < -0.3 is 9.30 Å². The topological polar surface area (TPSA) is 26.3 Å². The Balaban J connectivity index is 2.96. The predicted molar refractivity (Wildman–Crippen MR) is 56.1 cm³/mol. The summed E-state index contributed by atoms with van der Waals surface area (Å²) in [5.41, 5.74) is 0. The molecule has 1 atom stereocenters. The highest BCUT2D eigenvalue weighted by Crippen LogP contribution is 2.43. The smallest absolute Gasteiger partial charge is 0.139 e. The molecule has 0 aliphatic rings. The quantitative estimate of drug-likeness (QED) is 0.694. The summed E-state index contributed by atoms with van der Waals surface area (Å²) in [6.07, 6.45) is 0.998. The van der Waals surface area contributed by atoms with Crippen LogP contribution in [0.3, 0.4) is 0 Å². The molecule has 0 saturated carbocycles. The maximum atomic E-state index is 12.3. The summed E-state index contributed by atoms with van der Waals surface area (Å²) in [5, 5.41) is 0.916. The van der Waals surface area contributed by atoms with Crippen molar-refractivity contribution in [2.45, 2.75) is 6.92 Å². The molecule has 13 heavy (non-hydrogen) atoms. The highest BCUT2D eigenvalue weighted by molar-refractivity contribution is 7.71. The van der Waals surface area contributed by atoms with Crippen molar-refractivity contribution in [3.05, 3.63) is 30.3 Å². The largest absolute Gasteiger partial charge is 0.377 e. The van der Waals surface area contributed by atoms with E-state index in [1.165, 1.54) is 0 Å². The van der Waals surface area contributed by atoms with E-state index in [1.807, 2.05) is 37.3 Å². The molecule has 72 valence electrons. The van der Waals surface area contributed by atoms with Crippen LogP contribution in [0.15, 0.2) is 30.3 Å². The third-order valence-corrected chi connectivity index (χ3v) is 5.01. The summed E-state index contributed by atoms with van der Waals surface area (Å²) < 4.78 is 17.2. The van der Waals surface area contributed by atoms with Gasteiger partial charge in [-0.05, 0) is 0 Å². The van der Waals surface area contributed by atoms with Gasteiger partial charge in [0.2, 0.25) is 0 Å². The third kappa shape index (κ3) is 2.43. The van der Waals surface area contributed by atoms with Crippen LogP contribution in [0.2, 0.25) is 0 Å². The summed E-state index contributed by atoms with van der Waals surface area (Å²) in [6, 6.07) is 9.56. The highest BCUT2D eigenvalue weighted by atomic mass is 31.2. The van der Waals surface area contributed by atoms with Gasteiger partial charge in [0.05, 0.1) is 0 Å². The van der Waals surface area contributed by atoms with Crippen molar-refractivity contribution in [2.75, 3.05) is 19.6 Å². The van der Waals surface area contributed by atoms with Gasteiger partial charge in [-0.15, -0.1) is 0 Å². The zero-order chi connectivity index (χ0) is 9.73. The maximum Gasteiger partial charge on any atom is 0.139 e. The maximum absolute atomic E-state index is 12.3. The first-order chi connectivity index (χ1) is 6.23. The van der Waals surface area contributed by atoms with E-state index in [9.17, 15) is 4.57 Å². The van der Waals surface area contributed by atoms with Gasteiger partial charge in [-0.1, -0.05) is 37.3 Å². The van der Waals surface area contributed by atoms with Crippen molar-refractivity contribution >= 4 is 12.4 Å². The average molecular weight is 198 g/mol. The van der Waals surface area contributed by atoms with Crippen molar-refractivity contribution in [2.24, 2.45) is 0 Å². The van der Waals surface area contributed by atoms with Crippen LogP contribution in [0.4, 0.5) is 0 Å². The van der Waals surface area contributed by atoms with Crippen LogP contribution in [0, 0.1) is 0 Å². The fourth-order valence-corrected chi connectivity index (χ4v) is 3.09. The first kappa shape index (κ1) is 10.5. The molecule has 0 aliphatic carbocycles. The van der Waals surface area contributed by atoms with E-state index >= 15 is 0 Å². The summed E-state index contributed by atoms with van der Waals surface area (Å²) >= 11 is 0. The Morgan fingerprint density at radius 3 is 2.38 bits per heavy atom. The second-order valence-electron chi connectivity index (χ2n) is 2.96. The highest BCUT2D eigenvalue weighted by Gasteiger charge is 2.21. The average Bonchev–Trinajstić information content (AvgIpc) is 2.19. The van der Waals surface area contributed by atoms with Gasteiger partial charge >= 0.3 is 0 Å². The molecule has 1 rings (SSSR count). The molecule has 0 heterocycles. The lowest BCUT2D eigenvalue weighted by Crippen LogP contribution is -2.10. The Hall–Kier alpha value is -0.590. The second kappa shape index (κ2) is 4.59. The fourth-order valence-electron chi connectivity index (χ4n) is 1.26. The van der Waals surface area contributed by atoms with Crippen LogP contribution < -0.4 is 5.30 Å². The summed E-state index contributed by atoms with van der Waals surface area (Å²) in [7, 11) is -0.686. The standard InChI is InChI=1S/C10H15O2P/c1-3-13(11,9-12-2)10-7-5-4-6-8-10/h4-8H,3,9H2,1-2H3. The molecule has 0 bridgehead atoms. The van der Waals surface area contributed by atoms with Gasteiger partial charge in [0.15, 0.2) is 0 Å². The Kier molecular flexibility index (Phi) is 3.71. The molecule has 3 heteroatoms. The lowest BCUT2D eigenvalue weighted by molar-refractivity contribution is 0.250. The van der Waals surface area contributed by atoms with Crippen LogP contribution in [-0.2, 0) is 9.30 Å². The van der Waals surface area contributed by atoms with Crippen molar-refractivity contribution in [3.8, 4) is 0 Å². The molecular formula is C10H15O2P. The minimum atomic E-state index is -2.27. The normalized spacial score (nSPS) is 15.2. The summed E-state index contributed by atoms with van der Waals surface area (Å²) in [5.74, 6) is 0. The molecule has 1 aromatic carbocycles. The fraction of sp³-hybridized carbons (Fsp3) is 0.400. The minimum Gasteiger partial charge on any atom is -0.377 e. The van der Waals surface area contributed by atoms with E-state index in [4.69, 9.17) is 4.74 Å². The molecule has 0 saturated heterocycles. The molecule has 1 unspecified atom stereocenters. The Bertz CT molecular complexity index is 295. The number of methoxy groups -OCH3 is 1. The van der Waals surface area contributed by atoms with Crippen LogP contribution in [0.5, 0.6) is 0 Å². The van der Waals surface area contributed by atoms with Gasteiger partial charge in [0, 0.05) is 18.6 Å². The molecular weight excluding hydrogens is 183 g/mol. The van der Waals surface area contributed by atoms with E-state index in [0.29, 0.717) is 12.5 Å². The Labute approximate surface area is 79.3 Å². The lowest BCUT2D eigenvalue weighted by atomic mass is 10.4. The van der Waals surface area contributed by atoms with Crippen molar-refractivity contribution in [3.63, 3.8) is 0 Å². The van der Waals surface area contributed by atoms with Crippen LogP contribution in [0.25, 0.3) is 0 Å². The van der Waals surface area contributed by atoms with Crippen LogP contribution in [-0.4, -0.2) is 19.6 Å². The number of rotatable bonds is 4. The minimum absolute atomic E-state index is 0.341. The van der Waals surface area contributed by atoms with Crippen molar-refractivity contribution < 1.29 is 9.30 Å². The van der Waals surface area contributed by atoms with Gasteiger partial charge in [0.1, 0.15) is 13.5 Å². The molecule has 0 spiro atoms. The predicted octanol–water partition coefficient (Wildman–Crippen LogP) is 2.30. The second-order valence-corrected chi connectivity index (χ2v) is 6.14. The molecule has 0 amide bonds. The first-order valence-electron chi connectivity index (χ1n) is 4.35. The molecule has 0 fully saturated rings. The zero-order valence-corrected chi connectivity index (χ0v) is 8.96. The lowest BCUT2D eigenvalue weighted by Gasteiger charge is -2.15. The number of benzene rings is 1. The van der Waals surface area contributed by atoms with E-state index < -0.39 is 7.14 Å². The number of ether oxygens (including phenoxy) is 1. The van der Waals surface area contributed by atoms with Gasteiger partial charge in [0.25, 0.3) is 0 Å². The number of hydrogen-bond donors (Lipinski definition) is 0. The van der Waals surface area contributed by atoms with E-state index in [2.05, 4.69) is 0 Å². The molecule has 0 aliphatic heterocycles. The molecule has 0 N–H and O–H groups in total. The zero-order valence-electron chi connectivity index (χ0n) is 8.06. The molecule has 0 radical (unpaired) electrons. The Morgan fingerprint density at radius 1 is 1.31 bits per heavy atom. The summed E-state index contributed by atoms with van der Waals surface area (Å²) in [4.78, 5) is 0. The van der Waals surface area contributed by atoms with Crippen LogP contribution in [0.1, 0.15) is 6.92 Å². The first-order valence-corrected chi connectivity index (χ1v) is 6.43. The molecule has 1 aromatic rings. The van der Waals surface area contributed by atoms with Gasteiger partial charge in [-0.3, -0.25) is 0 Å². The monoisotopic (exact) mass is 198 g/mol. The van der Waals surface area contributed by atoms with E-state index in [0.717, 1.165) is 5.30 Å². The molecule has 2 nitrogen and oxygen atoms in total. The molecule has 0 aromatic heterocycles. The Morgan fingerprint density at radius 2 is 1.92 bits per heavy atom. The number of hydrogen-bond acceptors (Lipinski definition) is 2. The van der Waals surface area contributed by atoms with E-state index in [-0.39, 0.29) is 0 Å².